The molecule has 0 fully saturated rings. The largest absolute Gasteiger partial charge is 0.484 e. The van der Waals surface area contributed by atoms with E-state index < -0.39 is 4.92 Å². The van der Waals surface area contributed by atoms with Gasteiger partial charge in [0, 0.05) is 6.07 Å². The molecule has 1 aromatic heterocycles. The van der Waals surface area contributed by atoms with Gasteiger partial charge in [0.2, 0.25) is 5.78 Å². The van der Waals surface area contributed by atoms with Crippen molar-refractivity contribution in [2.24, 2.45) is 0 Å². The Labute approximate surface area is 135 Å². The molecule has 8 heteroatoms. The van der Waals surface area contributed by atoms with Crippen molar-refractivity contribution in [2.45, 2.75) is 0 Å². The zero-order chi connectivity index (χ0) is 14.7. The van der Waals surface area contributed by atoms with Crippen LogP contribution in [-0.4, -0.2) is 17.3 Å². The molecule has 5 nitrogen and oxygen atoms in total. The van der Waals surface area contributed by atoms with Gasteiger partial charge in [0.25, 0.3) is 5.69 Å². The Bertz CT molecular complexity index is 671. The maximum absolute atomic E-state index is 11.9. The lowest BCUT2D eigenvalue weighted by molar-refractivity contribution is -0.384. The number of nitro groups is 1. The molecule has 0 N–H and O–H groups in total. The van der Waals surface area contributed by atoms with Gasteiger partial charge in [-0.25, -0.2) is 0 Å². The van der Waals surface area contributed by atoms with E-state index in [0.29, 0.717) is 9.35 Å². The van der Waals surface area contributed by atoms with E-state index in [1.165, 1.54) is 29.5 Å². The van der Waals surface area contributed by atoms with Crippen LogP contribution in [0.1, 0.15) is 9.67 Å². The Morgan fingerprint density at radius 3 is 2.65 bits per heavy atom. The molecule has 0 amide bonds. The average Bonchev–Trinajstić information content (AvgIpc) is 2.84. The molecule has 1 aromatic carbocycles. The Kier molecular flexibility index (Phi) is 4.90. The normalized spacial score (nSPS) is 10.3. The van der Waals surface area contributed by atoms with E-state index in [1.807, 2.05) is 0 Å². The lowest BCUT2D eigenvalue weighted by Crippen LogP contribution is -2.10. The summed E-state index contributed by atoms with van der Waals surface area (Å²) in [7, 11) is 0. The maximum Gasteiger partial charge on any atom is 0.273 e. The first-order chi connectivity index (χ1) is 9.47. The van der Waals surface area contributed by atoms with Crippen molar-refractivity contribution in [3.8, 4) is 5.75 Å². The molecule has 0 saturated carbocycles. The number of carbonyl (C=O) groups excluding carboxylic acids is 1. The zero-order valence-electron chi connectivity index (χ0n) is 9.84. The fourth-order valence-corrected chi connectivity index (χ4v) is 3.07. The fourth-order valence-electron chi connectivity index (χ4n) is 1.39. The third kappa shape index (κ3) is 3.65. The van der Waals surface area contributed by atoms with Crippen molar-refractivity contribution >= 4 is 54.7 Å². The Balaban J connectivity index is 2.09. The SMILES string of the molecule is O=C(COc1cc([N+](=O)[O-])ccc1Br)c1ccc(Br)s1. The first kappa shape index (κ1) is 15.1. The van der Waals surface area contributed by atoms with Crippen molar-refractivity contribution in [3.63, 3.8) is 0 Å². The highest BCUT2D eigenvalue weighted by Crippen LogP contribution is 2.29. The van der Waals surface area contributed by atoms with Gasteiger partial charge in [-0.1, -0.05) is 0 Å². The summed E-state index contributed by atoms with van der Waals surface area (Å²) in [4.78, 5) is 22.6. The van der Waals surface area contributed by atoms with E-state index >= 15 is 0 Å². The van der Waals surface area contributed by atoms with Crippen LogP contribution in [0.25, 0.3) is 0 Å². The highest BCUT2D eigenvalue weighted by molar-refractivity contribution is 9.11. The van der Waals surface area contributed by atoms with E-state index in [0.717, 1.165) is 3.79 Å². The number of non-ortho nitro benzene ring substituents is 1. The number of hydrogen-bond acceptors (Lipinski definition) is 5. The minimum absolute atomic E-state index is 0.0884. The van der Waals surface area contributed by atoms with Gasteiger partial charge < -0.3 is 4.74 Å². The van der Waals surface area contributed by atoms with Gasteiger partial charge in [-0.2, -0.15) is 0 Å². The van der Waals surface area contributed by atoms with Gasteiger partial charge in [0.15, 0.2) is 6.61 Å². The Morgan fingerprint density at radius 1 is 1.30 bits per heavy atom. The molecule has 0 saturated heterocycles. The Hall–Kier alpha value is -1.25. The summed E-state index contributed by atoms with van der Waals surface area (Å²) in [6, 6.07) is 7.63. The van der Waals surface area contributed by atoms with Crippen LogP contribution in [0, 0.1) is 10.1 Å². The molecule has 0 aliphatic carbocycles. The van der Waals surface area contributed by atoms with E-state index in [2.05, 4.69) is 31.9 Å². The number of rotatable bonds is 5. The number of halogens is 2. The van der Waals surface area contributed by atoms with E-state index in [9.17, 15) is 14.9 Å². The topological polar surface area (TPSA) is 69.4 Å². The quantitative estimate of drug-likeness (QED) is 0.407. The van der Waals surface area contributed by atoms with Crippen LogP contribution in [0.3, 0.4) is 0 Å². The summed E-state index contributed by atoms with van der Waals surface area (Å²) in [5, 5.41) is 10.7. The first-order valence-corrected chi connectivity index (χ1v) is 7.73. The number of nitrogens with zero attached hydrogens (tertiary/aromatic N) is 1. The summed E-state index contributed by atoms with van der Waals surface area (Å²) in [5.74, 6) is 0.0854. The monoisotopic (exact) mass is 419 g/mol. The van der Waals surface area contributed by atoms with Gasteiger partial charge in [-0.05, 0) is 50.1 Å². The molecule has 1 heterocycles. The van der Waals surface area contributed by atoms with Gasteiger partial charge in [-0.15, -0.1) is 11.3 Å². The lowest BCUT2D eigenvalue weighted by Gasteiger charge is -2.06. The van der Waals surface area contributed by atoms with Gasteiger partial charge in [0.1, 0.15) is 5.75 Å². The number of nitro benzene ring substituents is 1. The second kappa shape index (κ2) is 6.47. The number of ether oxygens (including phenoxy) is 1. The fraction of sp³-hybridized carbons (Fsp3) is 0.0833. The van der Waals surface area contributed by atoms with Crippen LogP contribution < -0.4 is 4.74 Å². The number of Topliss-reactive ketones (excluding diaryl/α,β-unsaturated/α-hetero) is 1. The van der Waals surface area contributed by atoms with Crippen molar-refractivity contribution in [3.05, 3.63) is 53.6 Å². The third-order valence-corrected chi connectivity index (χ3v) is 4.65. The molecule has 0 unspecified atom stereocenters. The molecule has 0 bridgehead atoms. The number of thiophene rings is 1. The molecule has 0 atom stereocenters. The summed E-state index contributed by atoms with van der Waals surface area (Å²) >= 11 is 7.81. The van der Waals surface area contributed by atoms with Gasteiger partial charge >= 0.3 is 0 Å². The average molecular weight is 421 g/mol. The number of carbonyl (C=O) groups is 1. The molecule has 20 heavy (non-hydrogen) atoms. The first-order valence-electron chi connectivity index (χ1n) is 5.32. The molecule has 2 aromatic rings. The van der Waals surface area contributed by atoms with Crippen LogP contribution in [-0.2, 0) is 0 Å². The molecule has 0 aliphatic heterocycles. The highest BCUT2D eigenvalue weighted by atomic mass is 79.9. The van der Waals surface area contributed by atoms with Crippen molar-refractivity contribution < 1.29 is 14.5 Å². The van der Waals surface area contributed by atoms with Gasteiger partial charge in [0.05, 0.1) is 24.1 Å². The van der Waals surface area contributed by atoms with Gasteiger partial charge in [-0.3, -0.25) is 14.9 Å². The van der Waals surface area contributed by atoms with Crippen molar-refractivity contribution in [1.82, 2.24) is 0 Å². The second-order valence-corrected chi connectivity index (χ2v) is 7.00. The van der Waals surface area contributed by atoms with E-state index in [1.54, 1.807) is 12.1 Å². The zero-order valence-corrected chi connectivity index (χ0v) is 13.8. The molecule has 0 aliphatic rings. The Morgan fingerprint density at radius 2 is 2.05 bits per heavy atom. The second-order valence-electron chi connectivity index (χ2n) is 3.69. The molecule has 0 radical (unpaired) electrons. The highest BCUT2D eigenvalue weighted by Gasteiger charge is 2.14. The number of hydrogen-bond donors (Lipinski definition) is 0. The minimum Gasteiger partial charge on any atom is -0.484 e. The lowest BCUT2D eigenvalue weighted by atomic mass is 10.3. The van der Waals surface area contributed by atoms with Crippen LogP contribution in [0.4, 0.5) is 5.69 Å². The van der Waals surface area contributed by atoms with Crippen molar-refractivity contribution in [1.29, 1.82) is 0 Å². The molecule has 104 valence electrons. The summed E-state index contributed by atoms with van der Waals surface area (Å²) in [5.41, 5.74) is -0.0884. The predicted molar refractivity (Wildman–Crippen MR) is 82.6 cm³/mol. The molecular formula is C12H7Br2NO4S. The summed E-state index contributed by atoms with van der Waals surface area (Å²) in [6.07, 6.45) is 0. The standard InChI is InChI=1S/C12H7Br2NO4S/c13-8-2-1-7(15(17)18)5-10(8)19-6-9(16)11-3-4-12(14)20-11/h1-5H,6H2. The van der Waals surface area contributed by atoms with E-state index in [-0.39, 0.29) is 23.8 Å². The maximum atomic E-state index is 11.9. The van der Waals surface area contributed by atoms with Crippen LogP contribution >= 0.6 is 43.2 Å². The number of benzene rings is 1. The van der Waals surface area contributed by atoms with E-state index in [4.69, 9.17) is 4.74 Å². The molecule has 0 spiro atoms. The summed E-state index contributed by atoms with van der Waals surface area (Å²) < 4.78 is 6.76. The third-order valence-electron chi connectivity index (χ3n) is 2.33. The molecular weight excluding hydrogens is 414 g/mol. The summed E-state index contributed by atoms with van der Waals surface area (Å²) in [6.45, 7) is -0.174. The van der Waals surface area contributed by atoms with Crippen LogP contribution in [0.2, 0.25) is 0 Å². The minimum atomic E-state index is -0.516. The smallest absolute Gasteiger partial charge is 0.273 e. The van der Waals surface area contributed by atoms with Crippen LogP contribution in [0.5, 0.6) is 5.75 Å². The molecule has 2 rings (SSSR count). The van der Waals surface area contributed by atoms with Crippen LogP contribution in [0.15, 0.2) is 38.6 Å². The predicted octanol–water partition coefficient (Wildman–Crippen LogP) is 4.44. The number of ketones is 1. The van der Waals surface area contributed by atoms with Crippen molar-refractivity contribution in [2.75, 3.05) is 6.61 Å².